The van der Waals surface area contributed by atoms with Crippen molar-refractivity contribution in [1.29, 1.82) is 0 Å². The highest BCUT2D eigenvalue weighted by Crippen LogP contribution is 2.23. The zero-order valence-corrected chi connectivity index (χ0v) is 21.9. The number of carbonyl (C=O) groups is 4. The van der Waals surface area contributed by atoms with E-state index in [2.05, 4.69) is 16.0 Å². The number of ether oxygens (including phenoxy) is 1. The average molecular weight is 516 g/mol. The van der Waals surface area contributed by atoms with Gasteiger partial charge in [0.25, 0.3) is 5.91 Å². The van der Waals surface area contributed by atoms with E-state index in [9.17, 15) is 19.2 Å². The molecule has 3 N–H and O–H groups in total. The number of amides is 4. The summed E-state index contributed by atoms with van der Waals surface area (Å²) in [5.74, 6) is -1.68. The number of nitrogens with zero attached hydrogens (tertiary/aromatic N) is 2. The number of aromatic nitrogens is 1. The Morgan fingerprint density at radius 3 is 2.50 bits per heavy atom. The summed E-state index contributed by atoms with van der Waals surface area (Å²) in [4.78, 5) is 54.4. The second kappa shape index (κ2) is 12.0. The topological polar surface area (TPSA) is 122 Å². The molecule has 1 aliphatic rings. The molecule has 3 rings (SSSR count). The summed E-state index contributed by atoms with van der Waals surface area (Å²) < 4.78 is 6.52. The standard InChI is InChI=1S/C25H33N5O5S/c1-15(2)20(24(33)35-4)28-22(31)21-18(11-13-30(21)23(32)19-10-7-12-29(19)3)27-25(34)26-16-8-6-9-17(14-16)36-5/h6-10,12,14-15,18,20-21H,11,13H2,1-5H3,(H,28,31)(H2,26,27,34). The molecule has 1 aromatic carbocycles. The maximum Gasteiger partial charge on any atom is 0.328 e. The lowest BCUT2D eigenvalue weighted by molar-refractivity contribution is -0.146. The molecule has 0 aliphatic carbocycles. The molecule has 3 atom stereocenters. The number of carbonyl (C=O) groups excluding carboxylic acids is 4. The minimum absolute atomic E-state index is 0.238. The molecule has 0 radical (unpaired) electrons. The van der Waals surface area contributed by atoms with Crippen LogP contribution >= 0.6 is 11.8 Å². The molecule has 36 heavy (non-hydrogen) atoms. The Bertz CT molecular complexity index is 1120. The van der Waals surface area contributed by atoms with E-state index in [0.29, 0.717) is 17.8 Å². The van der Waals surface area contributed by atoms with E-state index in [0.717, 1.165) is 4.90 Å². The summed E-state index contributed by atoms with van der Waals surface area (Å²) >= 11 is 1.55. The molecule has 10 nitrogen and oxygen atoms in total. The summed E-state index contributed by atoms with van der Waals surface area (Å²) in [6.07, 6.45) is 4.06. The van der Waals surface area contributed by atoms with Crippen molar-refractivity contribution in [2.24, 2.45) is 13.0 Å². The number of aryl methyl sites for hydroxylation is 1. The summed E-state index contributed by atoms with van der Waals surface area (Å²) in [5, 5.41) is 8.38. The normalized spacial score (nSPS) is 18.0. The van der Waals surface area contributed by atoms with Crippen LogP contribution in [-0.4, -0.2) is 71.3 Å². The van der Waals surface area contributed by atoms with Crippen molar-refractivity contribution >= 4 is 41.3 Å². The van der Waals surface area contributed by atoms with Gasteiger partial charge in [-0.1, -0.05) is 19.9 Å². The zero-order valence-electron chi connectivity index (χ0n) is 21.1. The zero-order chi connectivity index (χ0) is 26.4. The fourth-order valence-corrected chi connectivity index (χ4v) is 4.69. The first-order chi connectivity index (χ1) is 17.2. The van der Waals surface area contributed by atoms with Crippen LogP contribution in [0.2, 0.25) is 0 Å². The smallest absolute Gasteiger partial charge is 0.328 e. The van der Waals surface area contributed by atoms with E-state index < -0.39 is 36.0 Å². The molecular formula is C25H33N5O5S. The Labute approximate surface area is 215 Å². The number of hydrogen-bond acceptors (Lipinski definition) is 6. The number of hydrogen-bond donors (Lipinski definition) is 3. The number of esters is 1. The van der Waals surface area contributed by atoms with Crippen molar-refractivity contribution < 1.29 is 23.9 Å². The van der Waals surface area contributed by atoms with Crippen molar-refractivity contribution in [2.75, 3.05) is 25.2 Å². The molecule has 2 aromatic rings. The second-order valence-electron chi connectivity index (χ2n) is 8.93. The van der Waals surface area contributed by atoms with Gasteiger partial charge in [0.05, 0.1) is 13.2 Å². The Morgan fingerprint density at radius 2 is 1.89 bits per heavy atom. The average Bonchev–Trinajstić information content (AvgIpc) is 3.47. The number of thioether (sulfide) groups is 1. The lowest BCUT2D eigenvalue weighted by atomic mass is 10.0. The van der Waals surface area contributed by atoms with Gasteiger partial charge in [0.1, 0.15) is 17.8 Å². The van der Waals surface area contributed by atoms with Crippen LogP contribution in [0.15, 0.2) is 47.5 Å². The molecule has 0 bridgehead atoms. The van der Waals surface area contributed by atoms with Crippen LogP contribution in [0.5, 0.6) is 0 Å². The van der Waals surface area contributed by atoms with Gasteiger partial charge < -0.3 is 30.2 Å². The molecule has 1 aromatic heterocycles. The number of benzene rings is 1. The van der Waals surface area contributed by atoms with E-state index in [1.807, 2.05) is 24.5 Å². The maximum absolute atomic E-state index is 13.5. The lowest BCUT2D eigenvalue weighted by Crippen LogP contribution is -2.58. The Kier molecular flexibility index (Phi) is 9.03. The van der Waals surface area contributed by atoms with Crippen LogP contribution in [0.25, 0.3) is 0 Å². The van der Waals surface area contributed by atoms with Gasteiger partial charge in [0.2, 0.25) is 5.91 Å². The summed E-state index contributed by atoms with van der Waals surface area (Å²) in [5.41, 5.74) is 1.03. The van der Waals surface area contributed by atoms with Crippen molar-refractivity contribution in [3.63, 3.8) is 0 Å². The lowest BCUT2D eigenvalue weighted by Gasteiger charge is -2.30. The third-order valence-electron chi connectivity index (χ3n) is 6.15. The van der Waals surface area contributed by atoms with E-state index in [4.69, 9.17) is 4.74 Å². The fraction of sp³-hybridized carbons (Fsp3) is 0.440. The summed E-state index contributed by atoms with van der Waals surface area (Å²) in [7, 11) is 3.00. The van der Waals surface area contributed by atoms with Gasteiger partial charge in [-0.3, -0.25) is 9.59 Å². The number of likely N-dealkylation sites (tertiary alicyclic amines) is 1. The predicted octanol–water partition coefficient (Wildman–Crippen LogP) is 2.47. The molecule has 1 aliphatic heterocycles. The van der Waals surface area contributed by atoms with E-state index in [1.54, 1.807) is 61.6 Å². The quantitative estimate of drug-likeness (QED) is 0.367. The molecule has 194 valence electrons. The van der Waals surface area contributed by atoms with E-state index >= 15 is 0 Å². The van der Waals surface area contributed by atoms with Gasteiger partial charge >= 0.3 is 12.0 Å². The predicted molar refractivity (Wildman–Crippen MR) is 138 cm³/mol. The van der Waals surface area contributed by atoms with Crippen LogP contribution in [0.3, 0.4) is 0 Å². The fourth-order valence-electron chi connectivity index (χ4n) is 4.23. The van der Waals surface area contributed by atoms with Crippen LogP contribution < -0.4 is 16.0 Å². The first kappa shape index (κ1) is 27.1. The number of urea groups is 1. The van der Waals surface area contributed by atoms with Gasteiger partial charge in [-0.05, 0) is 48.9 Å². The van der Waals surface area contributed by atoms with Crippen molar-refractivity contribution in [1.82, 2.24) is 20.1 Å². The molecule has 4 amide bonds. The Hall–Kier alpha value is -3.47. The highest BCUT2D eigenvalue weighted by atomic mass is 32.2. The van der Waals surface area contributed by atoms with Crippen molar-refractivity contribution in [3.05, 3.63) is 48.3 Å². The minimum Gasteiger partial charge on any atom is -0.467 e. The monoisotopic (exact) mass is 515 g/mol. The SMILES string of the molecule is COC(=O)C(NC(=O)C1C(NC(=O)Nc2cccc(SC)c2)CCN1C(=O)c1cccn1C)C(C)C. The van der Waals surface area contributed by atoms with Crippen molar-refractivity contribution in [3.8, 4) is 0 Å². The Balaban J connectivity index is 1.83. The third-order valence-corrected chi connectivity index (χ3v) is 6.88. The maximum atomic E-state index is 13.5. The van der Waals surface area contributed by atoms with Gasteiger partial charge in [-0.2, -0.15) is 0 Å². The third kappa shape index (κ3) is 6.20. The summed E-state index contributed by atoms with van der Waals surface area (Å²) in [6.45, 7) is 3.84. The van der Waals surface area contributed by atoms with Crippen molar-refractivity contribution in [2.45, 2.75) is 43.3 Å². The Morgan fingerprint density at radius 1 is 1.14 bits per heavy atom. The second-order valence-corrected chi connectivity index (χ2v) is 9.81. The highest BCUT2D eigenvalue weighted by Gasteiger charge is 2.44. The van der Waals surface area contributed by atoms with Crippen LogP contribution in [0, 0.1) is 5.92 Å². The molecule has 2 heterocycles. The molecular weight excluding hydrogens is 482 g/mol. The largest absolute Gasteiger partial charge is 0.467 e. The summed E-state index contributed by atoms with van der Waals surface area (Å²) in [6, 6.07) is 7.76. The molecule has 1 saturated heterocycles. The van der Waals surface area contributed by atoms with Crippen LogP contribution in [0.1, 0.15) is 30.8 Å². The first-order valence-corrected chi connectivity index (χ1v) is 12.9. The van der Waals surface area contributed by atoms with Crippen LogP contribution in [0.4, 0.5) is 10.5 Å². The minimum atomic E-state index is -1.01. The van der Waals surface area contributed by atoms with E-state index in [-0.39, 0.29) is 18.4 Å². The van der Waals surface area contributed by atoms with Gasteiger partial charge in [-0.15, -0.1) is 11.8 Å². The van der Waals surface area contributed by atoms with E-state index in [1.165, 1.54) is 12.0 Å². The first-order valence-electron chi connectivity index (χ1n) is 11.7. The molecule has 0 saturated carbocycles. The number of nitrogens with one attached hydrogen (secondary N) is 3. The van der Waals surface area contributed by atoms with Crippen LogP contribution in [-0.2, 0) is 21.4 Å². The molecule has 0 spiro atoms. The van der Waals surface area contributed by atoms with Gasteiger partial charge in [0, 0.05) is 30.4 Å². The van der Waals surface area contributed by atoms with Gasteiger partial charge in [0.15, 0.2) is 0 Å². The number of anilines is 1. The molecule has 11 heteroatoms. The highest BCUT2D eigenvalue weighted by molar-refractivity contribution is 7.98. The molecule has 3 unspecified atom stereocenters. The number of rotatable bonds is 8. The van der Waals surface area contributed by atoms with Gasteiger partial charge in [-0.25, -0.2) is 9.59 Å². The number of methoxy groups -OCH3 is 1. The molecule has 1 fully saturated rings.